The van der Waals surface area contributed by atoms with Gasteiger partial charge in [-0.05, 0) is 93.3 Å². The van der Waals surface area contributed by atoms with Gasteiger partial charge in [0, 0.05) is 49.0 Å². The summed E-state index contributed by atoms with van der Waals surface area (Å²) in [7, 11) is 1.79. The molecular weight excluding hydrogens is 692 g/mol. The number of pyridine rings is 1. The maximum absolute atomic E-state index is 17.1. The largest absolute Gasteiger partial charge is 0.508 e. The zero-order valence-corrected chi connectivity index (χ0v) is 32.5. The molecule has 2 saturated heterocycles. The zero-order chi connectivity index (χ0) is 38.4. The lowest BCUT2D eigenvalue weighted by atomic mass is 9.71. The van der Waals surface area contributed by atoms with Crippen molar-refractivity contribution in [2.75, 3.05) is 44.9 Å². The van der Waals surface area contributed by atoms with E-state index < -0.39 is 17.2 Å². The molecule has 4 aromatic rings. The number of hydrogen-bond donors (Lipinski definition) is 2. The minimum atomic E-state index is -1.18. The van der Waals surface area contributed by atoms with Gasteiger partial charge in [0.15, 0.2) is 5.82 Å². The highest BCUT2D eigenvalue weighted by Crippen LogP contribution is 2.52. The third-order valence-electron chi connectivity index (χ3n) is 12.3. The van der Waals surface area contributed by atoms with Crippen LogP contribution in [0.5, 0.6) is 11.8 Å². The van der Waals surface area contributed by atoms with E-state index in [0.717, 1.165) is 44.9 Å². The second-order valence-electron chi connectivity index (χ2n) is 15.8. The third kappa shape index (κ3) is 6.99. The molecule has 2 aromatic heterocycles. The molecule has 0 bridgehead atoms. The Balaban J connectivity index is 0.00000221. The summed E-state index contributed by atoms with van der Waals surface area (Å²) in [5.41, 5.74) is -0.628. The normalized spacial score (nSPS) is 28.6. The van der Waals surface area contributed by atoms with Gasteiger partial charge in [0.25, 0.3) is 0 Å². The molecule has 4 aliphatic rings. The molecule has 292 valence electrons. The molecule has 2 aliphatic heterocycles. The number of fused-ring (bicyclic) bond motifs is 3. The van der Waals surface area contributed by atoms with Crippen molar-refractivity contribution in [3.05, 3.63) is 47.7 Å². The Bertz CT molecular complexity index is 1990. The molecule has 0 radical (unpaired) electrons. The maximum Gasteiger partial charge on any atom is 0.319 e. The lowest BCUT2D eigenvalue weighted by Crippen LogP contribution is -2.62. The topological polar surface area (TPSA) is 113 Å². The molecule has 2 aliphatic carbocycles. The van der Waals surface area contributed by atoms with Crippen LogP contribution in [0.2, 0.25) is 0 Å². The summed E-state index contributed by atoms with van der Waals surface area (Å²) in [5.74, 6) is -0.828. The Morgan fingerprint density at radius 1 is 1.09 bits per heavy atom. The summed E-state index contributed by atoms with van der Waals surface area (Å²) < 4.78 is 50.1. The number of ether oxygens (including phenoxy) is 3. The van der Waals surface area contributed by atoms with Crippen LogP contribution in [0.25, 0.3) is 32.9 Å². The van der Waals surface area contributed by atoms with E-state index in [1.165, 1.54) is 18.3 Å². The van der Waals surface area contributed by atoms with Gasteiger partial charge in [0.1, 0.15) is 34.2 Å². The van der Waals surface area contributed by atoms with E-state index in [4.69, 9.17) is 24.2 Å². The van der Waals surface area contributed by atoms with Crippen LogP contribution in [0, 0.1) is 17.0 Å². The Hall–Kier alpha value is -3.71. The number of aromatic hydroxyl groups is 1. The highest BCUT2D eigenvalue weighted by Gasteiger charge is 2.53. The Morgan fingerprint density at radius 2 is 1.89 bits per heavy atom. The molecule has 54 heavy (non-hydrogen) atoms. The second kappa shape index (κ2) is 15.4. The van der Waals surface area contributed by atoms with Gasteiger partial charge in [-0.2, -0.15) is 9.97 Å². The van der Waals surface area contributed by atoms with E-state index in [0.29, 0.717) is 77.9 Å². The summed E-state index contributed by atoms with van der Waals surface area (Å²) in [6.07, 6.45) is 9.67. The van der Waals surface area contributed by atoms with Crippen molar-refractivity contribution in [2.45, 2.75) is 116 Å². The zero-order valence-electron chi connectivity index (χ0n) is 32.5. The lowest BCUT2D eigenvalue weighted by molar-refractivity contribution is -0.105. The van der Waals surface area contributed by atoms with Crippen LogP contribution in [-0.2, 0) is 15.9 Å². The fraction of sp³-hybridized carbons (Fsp3) is 0.595. The molecule has 2 saturated carbocycles. The van der Waals surface area contributed by atoms with E-state index in [1.54, 1.807) is 26.2 Å². The minimum absolute atomic E-state index is 0.000179. The Morgan fingerprint density at radius 3 is 2.65 bits per heavy atom. The average Bonchev–Trinajstić information content (AvgIpc) is 3.48. The van der Waals surface area contributed by atoms with E-state index >= 15 is 8.78 Å². The number of halogens is 2. The predicted octanol–water partition coefficient (Wildman–Crippen LogP) is 7.58. The molecule has 4 unspecified atom stereocenters. The van der Waals surface area contributed by atoms with Crippen LogP contribution < -0.4 is 9.64 Å². The molecule has 8 rings (SSSR count). The lowest BCUT2D eigenvalue weighted by Gasteiger charge is -2.55. The van der Waals surface area contributed by atoms with Gasteiger partial charge < -0.3 is 29.3 Å². The molecule has 12 heteroatoms. The number of rotatable bonds is 8. The SMILES string of the molecule is CC.CCc1c(F)ccc2cc(O)cc(-c3ncc4c(N5CCOCC(C)(O)C5)nc(OCC56CCCC5N(C5CC(OC)C5)C(C)CC6)nc4c3F)c12. The number of piperidine rings is 1. The monoisotopic (exact) mass is 747 g/mol. The van der Waals surface area contributed by atoms with Gasteiger partial charge in [-0.3, -0.25) is 9.88 Å². The molecular formula is C42H55F2N5O5. The molecule has 4 heterocycles. The van der Waals surface area contributed by atoms with Crippen LogP contribution >= 0.6 is 0 Å². The molecule has 10 nitrogen and oxygen atoms in total. The van der Waals surface area contributed by atoms with Gasteiger partial charge in [0.05, 0.1) is 37.9 Å². The van der Waals surface area contributed by atoms with Gasteiger partial charge in [-0.25, -0.2) is 8.78 Å². The molecule has 0 spiro atoms. The number of benzene rings is 2. The molecule has 4 atom stereocenters. The van der Waals surface area contributed by atoms with Crippen molar-refractivity contribution in [1.82, 2.24) is 19.9 Å². The number of phenols is 1. The first kappa shape index (κ1) is 38.6. The maximum atomic E-state index is 17.1. The van der Waals surface area contributed by atoms with Crippen molar-refractivity contribution in [3.63, 3.8) is 0 Å². The van der Waals surface area contributed by atoms with Crippen molar-refractivity contribution < 1.29 is 33.2 Å². The molecule has 2 N–H and O–H groups in total. The first-order valence-electron chi connectivity index (χ1n) is 19.8. The van der Waals surface area contributed by atoms with Gasteiger partial charge >= 0.3 is 6.01 Å². The second-order valence-corrected chi connectivity index (χ2v) is 15.8. The minimum Gasteiger partial charge on any atom is -0.508 e. The molecule has 4 fully saturated rings. The number of aryl methyl sites for hydroxylation is 1. The fourth-order valence-electron chi connectivity index (χ4n) is 9.60. The number of aliphatic hydroxyl groups is 1. The number of nitrogens with zero attached hydrogens (tertiary/aromatic N) is 5. The summed E-state index contributed by atoms with van der Waals surface area (Å²) in [6, 6.07) is 7.31. The van der Waals surface area contributed by atoms with Crippen LogP contribution in [0.4, 0.5) is 14.6 Å². The van der Waals surface area contributed by atoms with Crippen LogP contribution in [0.3, 0.4) is 0 Å². The first-order chi connectivity index (χ1) is 26.0. The highest BCUT2D eigenvalue weighted by molar-refractivity contribution is 6.01. The summed E-state index contributed by atoms with van der Waals surface area (Å²) in [6.45, 7) is 11.4. The van der Waals surface area contributed by atoms with Crippen LogP contribution in [-0.4, -0.2) is 99.9 Å². The quantitative estimate of drug-likeness (QED) is 0.187. The average molecular weight is 748 g/mol. The number of likely N-dealkylation sites (tertiary alicyclic amines) is 1. The summed E-state index contributed by atoms with van der Waals surface area (Å²) >= 11 is 0. The van der Waals surface area contributed by atoms with E-state index in [-0.39, 0.29) is 47.1 Å². The van der Waals surface area contributed by atoms with E-state index in [1.807, 2.05) is 25.7 Å². The van der Waals surface area contributed by atoms with Gasteiger partial charge in [-0.15, -0.1) is 0 Å². The van der Waals surface area contributed by atoms with Crippen LogP contribution in [0.1, 0.15) is 85.1 Å². The van der Waals surface area contributed by atoms with Gasteiger partial charge in [0.2, 0.25) is 0 Å². The third-order valence-corrected chi connectivity index (χ3v) is 12.3. The van der Waals surface area contributed by atoms with Gasteiger partial charge in [-0.1, -0.05) is 33.3 Å². The number of methoxy groups -OCH3 is 1. The first-order valence-corrected chi connectivity index (χ1v) is 19.8. The summed E-state index contributed by atoms with van der Waals surface area (Å²) in [5, 5.41) is 23.2. The fourth-order valence-corrected chi connectivity index (χ4v) is 9.60. The van der Waals surface area contributed by atoms with Crippen LogP contribution in [0.15, 0.2) is 30.5 Å². The van der Waals surface area contributed by atoms with E-state index in [2.05, 4.69) is 16.8 Å². The predicted molar refractivity (Wildman–Crippen MR) is 206 cm³/mol. The van der Waals surface area contributed by atoms with Crippen molar-refractivity contribution in [1.29, 1.82) is 0 Å². The number of phenolic OH excluding ortho intramolecular Hbond substituents is 1. The summed E-state index contributed by atoms with van der Waals surface area (Å²) in [4.78, 5) is 18.8. The smallest absolute Gasteiger partial charge is 0.319 e. The van der Waals surface area contributed by atoms with Crippen molar-refractivity contribution in [2.24, 2.45) is 5.41 Å². The standard InChI is InChI=1S/C40H49F2N5O5.C2H6/c1-5-28-31(41)9-8-24-15-26(48)18-29(33(24)28)35-34(42)36-30(19-43-35)37(46-13-14-51-21-39(3,49)20-46)45-38(44-36)52-22-40-11-6-7-32(40)47(23(2)10-12-40)25-16-27(17-25)50-4;1-2/h8-9,15,18-19,23,25,27,32,48-49H,5-7,10-14,16-17,20-22H2,1-4H3;1-2H3. The molecule has 2 aromatic carbocycles. The number of hydrogen-bond acceptors (Lipinski definition) is 10. The van der Waals surface area contributed by atoms with Crippen molar-refractivity contribution >= 4 is 27.5 Å². The Labute approximate surface area is 316 Å². The number of aromatic nitrogens is 3. The van der Waals surface area contributed by atoms with E-state index in [9.17, 15) is 10.2 Å². The number of β-amino-alcohol motifs (C(OH)–C–C–N with tert-alkyl or cyclic N) is 1. The van der Waals surface area contributed by atoms with Crippen molar-refractivity contribution in [3.8, 4) is 23.0 Å². The highest BCUT2D eigenvalue weighted by atomic mass is 19.1. The molecule has 0 amide bonds. The Kier molecular flexibility index (Phi) is 11.0. The number of anilines is 1.